The number of hydrogen-bond acceptors (Lipinski definition) is 4. The molecule has 0 spiro atoms. The van der Waals surface area contributed by atoms with E-state index < -0.39 is 11.8 Å². The molecule has 2 N–H and O–H groups in total. The number of para-hydroxylation sites is 1. The van der Waals surface area contributed by atoms with Crippen molar-refractivity contribution in [1.82, 2.24) is 0 Å². The molecule has 0 heterocycles. The first-order chi connectivity index (χ1) is 16.9. The van der Waals surface area contributed by atoms with E-state index in [4.69, 9.17) is 4.74 Å². The molecule has 2 aromatic rings. The molecule has 35 heavy (non-hydrogen) atoms. The number of rotatable bonds is 11. The third-order valence-electron chi connectivity index (χ3n) is 6.50. The Kier molecular flexibility index (Phi) is 10.1. The van der Waals surface area contributed by atoms with Crippen LogP contribution in [0.5, 0.6) is 0 Å². The van der Waals surface area contributed by atoms with Gasteiger partial charge in [-0.15, -0.1) is 0 Å². The fourth-order valence-electron chi connectivity index (χ4n) is 4.84. The third kappa shape index (κ3) is 7.52. The third-order valence-corrected chi connectivity index (χ3v) is 6.50. The lowest BCUT2D eigenvalue weighted by molar-refractivity contribution is -0.108. The standard InChI is InChI=1S/C28H38FN3O3/c1-20(2)18-32(23-9-5-4-6-10-23)27-14-13-21(22(15-16-33)19-35-3)17-26(27)31-28(34)30-25-12-8-7-11-24(25)29/h7-8,11-14,16-17,20,22-23H,4-6,9-10,15,18-19H2,1-3H3,(H2,30,31,34). The van der Waals surface area contributed by atoms with Gasteiger partial charge in [0.1, 0.15) is 12.1 Å². The molecule has 2 amide bonds. The number of halogens is 1. The Morgan fingerprint density at radius 1 is 1.11 bits per heavy atom. The molecule has 0 aliphatic heterocycles. The van der Waals surface area contributed by atoms with Crippen LogP contribution >= 0.6 is 0 Å². The van der Waals surface area contributed by atoms with Crippen LogP contribution in [0.2, 0.25) is 0 Å². The Bertz CT molecular complexity index is 976. The minimum absolute atomic E-state index is 0.116. The first-order valence-electron chi connectivity index (χ1n) is 12.6. The van der Waals surface area contributed by atoms with Crippen LogP contribution in [0.1, 0.15) is 63.9 Å². The van der Waals surface area contributed by atoms with Crippen molar-refractivity contribution >= 4 is 29.4 Å². The van der Waals surface area contributed by atoms with Gasteiger partial charge in [-0.2, -0.15) is 0 Å². The van der Waals surface area contributed by atoms with Crippen molar-refractivity contribution < 1.29 is 18.7 Å². The number of amides is 2. The summed E-state index contributed by atoms with van der Waals surface area (Å²) in [7, 11) is 1.61. The zero-order valence-corrected chi connectivity index (χ0v) is 21.1. The summed E-state index contributed by atoms with van der Waals surface area (Å²) < 4.78 is 19.5. The van der Waals surface area contributed by atoms with Crippen molar-refractivity contribution in [2.24, 2.45) is 5.92 Å². The quantitative estimate of drug-likeness (QED) is 0.354. The first kappa shape index (κ1) is 26.7. The maximum atomic E-state index is 14.1. The van der Waals surface area contributed by atoms with Crippen molar-refractivity contribution in [2.75, 3.05) is 35.8 Å². The second-order valence-electron chi connectivity index (χ2n) is 9.73. The van der Waals surface area contributed by atoms with Gasteiger partial charge in [0.15, 0.2) is 0 Å². The zero-order chi connectivity index (χ0) is 25.2. The summed E-state index contributed by atoms with van der Waals surface area (Å²) in [6.45, 7) is 5.66. The lowest BCUT2D eigenvalue weighted by Gasteiger charge is -2.38. The van der Waals surface area contributed by atoms with Gasteiger partial charge in [0, 0.05) is 32.0 Å². The van der Waals surface area contributed by atoms with E-state index in [1.54, 1.807) is 19.2 Å². The summed E-state index contributed by atoms with van der Waals surface area (Å²) in [5.74, 6) is -0.172. The Balaban J connectivity index is 1.97. The predicted octanol–water partition coefficient (Wildman–Crippen LogP) is 6.58. The molecule has 3 rings (SSSR count). The molecule has 1 saturated carbocycles. The van der Waals surface area contributed by atoms with E-state index in [2.05, 4.69) is 29.4 Å². The highest BCUT2D eigenvalue weighted by Gasteiger charge is 2.25. The zero-order valence-electron chi connectivity index (χ0n) is 21.1. The van der Waals surface area contributed by atoms with Crippen LogP contribution in [0.3, 0.4) is 0 Å². The number of carbonyl (C=O) groups excluding carboxylic acids is 2. The maximum absolute atomic E-state index is 14.1. The minimum atomic E-state index is -0.514. The lowest BCUT2D eigenvalue weighted by Crippen LogP contribution is -2.40. The monoisotopic (exact) mass is 483 g/mol. The molecule has 0 aromatic heterocycles. The number of benzene rings is 2. The topological polar surface area (TPSA) is 70.7 Å². The first-order valence-corrected chi connectivity index (χ1v) is 12.6. The molecule has 1 aliphatic carbocycles. The molecular weight excluding hydrogens is 445 g/mol. The highest BCUT2D eigenvalue weighted by molar-refractivity contribution is 6.02. The summed E-state index contributed by atoms with van der Waals surface area (Å²) in [4.78, 5) is 26.7. The number of urea groups is 1. The predicted molar refractivity (Wildman–Crippen MR) is 140 cm³/mol. The molecule has 7 heteroatoms. The maximum Gasteiger partial charge on any atom is 0.323 e. The van der Waals surface area contributed by atoms with E-state index in [1.807, 2.05) is 18.2 Å². The SMILES string of the molecule is COCC(CC=O)c1ccc(N(CC(C)C)C2CCCCC2)c(NC(=O)Nc2ccccc2F)c1. The fourth-order valence-corrected chi connectivity index (χ4v) is 4.84. The summed E-state index contributed by atoms with van der Waals surface area (Å²) in [5, 5.41) is 5.59. The van der Waals surface area contributed by atoms with E-state index in [0.717, 1.165) is 36.9 Å². The Morgan fingerprint density at radius 2 is 1.83 bits per heavy atom. The van der Waals surface area contributed by atoms with E-state index >= 15 is 0 Å². The lowest BCUT2D eigenvalue weighted by atomic mass is 9.92. The highest BCUT2D eigenvalue weighted by Crippen LogP contribution is 2.36. The number of nitrogens with zero attached hydrogens (tertiary/aromatic N) is 1. The molecule has 1 unspecified atom stereocenters. The van der Waals surface area contributed by atoms with Crippen LogP contribution in [0, 0.1) is 11.7 Å². The molecule has 1 fully saturated rings. The number of carbonyl (C=O) groups is 2. The second kappa shape index (κ2) is 13.2. The molecule has 190 valence electrons. The van der Waals surface area contributed by atoms with E-state index in [-0.39, 0.29) is 11.6 Å². The van der Waals surface area contributed by atoms with Gasteiger partial charge in [-0.05, 0) is 48.6 Å². The molecule has 1 aliphatic rings. The molecular formula is C28H38FN3O3. The van der Waals surface area contributed by atoms with Crippen molar-refractivity contribution in [1.29, 1.82) is 0 Å². The molecule has 1 atom stereocenters. The van der Waals surface area contributed by atoms with E-state index in [1.165, 1.54) is 31.4 Å². The number of nitrogens with one attached hydrogen (secondary N) is 2. The number of anilines is 3. The van der Waals surface area contributed by atoms with Gasteiger partial charge in [-0.3, -0.25) is 0 Å². The Morgan fingerprint density at radius 3 is 2.49 bits per heavy atom. The van der Waals surface area contributed by atoms with Crippen LogP contribution in [0.25, 0.3) is 0 Å². The van der Waals surface area contributed by atoms with Gasteiger partial charge in [0.05, 0.1) is 23.7 Å². The second-order valence-corrected chi connectivity index (χ2v) is 9.73. The minimum Gasteiger partial charge on any atom is -0.384 e. The number of aldehydes is 1. The summed E-state index contributed by atoms with van der Waals surface area (Å²) >= 11 is 0. The molecule has 2 aromatic carbocycles. The van der Waals surface area contributed by atoms with Crippen LogP contribution in [0.15, 0.2) is 42.5 Å². The van der Waals surface area contributed by atoms with Gasteiger partial charge < -0.3 is 25.1 Å². The van der Waals surface area contributed by atoms with Gasteiger partial charge in [-0.25, -0.2) is 9.18 Å². The fraction of sp³-hybridized carbons (Fsp3) is 0.500. The van der Waals surface area contributed by atoms with Gasteiger partial charge in [0.25, 0.3) is 0 Å². The largest absolute Gasteiger partial charge is 0.384 e. The molecule has 6 nitrogen and oxygen atoms in total. The Hall–Kier alpha value is -2.93. The number of methoxy groups -OCH3 is 1. The van der Waals surface area contributed by atoms with Gasteiger partial charge in [-0.1, -0.05) is 51.3 Å². The van der Waals surface area contributed by atoms with Crippen LogP contribution < -0.4 is 15.5 Å². The number of ether oxygens (including phenoxy) is 1. The highest BCUT2D eigenvalue weighted by atomic mass is 19.1. The average molecular weight is 484 g/mol. The van der Waals surface area contributed by atoms with E-state index in [0.29, 0.717) is 30.7 Å². The van der Waals surface area contributed by atoms with Crippen LogP contribution in [-0.4, -0.2) is 38.6 Å². The summed E-state index contributed by atoms with van der Waals surface area (Å²) in [5.41, 5.74) is 2.62. The number of hydrogen-bond donors (Lipinski definition) is 2. The Labute approximate surface area is 208 Å². The molecule has 0 saturated heterocycles. The van der Waals surface area contributed by atoms with Crippen molar-refractivity contribution in [3.05, 3.63) is 53.8 Å². The summed E-state index contributed by atoms with van der Waals surface area (Å²) in [6.07, 6.45) is 7.10. The van der Waals surface area contributed by atoms with Crippen LogP contribution in [0.4, 0.5) is 26.2 Å². The van der Waals surface area contributed by atoms with Crippen molar-refractivity contribution in [3.63, 3.8) is 0 Å². The molecule has 0 radical (unpaired) electrons. The van der Waals surface area contributed by atoms with Gasteiger partial charge >= 0.3 is 6.03 Å². The average Bonchev–Trinajstić information content (AvgIpc) is 2.84. The van der Waals surface area contributed by atoms with Gasteiger partial charge in [0.2, 0.25) is 0 Å². The normalized spacial score (nSPS) is 15.0. The summed E-state index contributed by atoms with van der Waals surface area (Å²) in [6, 6.07) is 12.0. The van der Waals surface area contributed by atoms with Crippen LogP contribution in [-0.2, 0) is 9.53 Å². The smallest absolute Gasteiger partial charge is 0.323 e. The van der Waals surface area contributed by atoms with Crippen molar-refractivity contribution in [3.8, 4) is 0 Å². The van der Waals surface area contributed by atoms with E-state index in [9.17, 15) is 14.0 Å². The van der Waals surface area contributed by atoms with Crippen molar-refractivity contribution in [2.45, 2.75) is 64.3 Å². The molecule has 0 bridgehead atoms.